The fraction of sp³-hybridized carbons (Fsp3) is 0.818. The van der Waals surface area contributed by atoms with E-state index in [0.717, 1.165) is 6.26 Å². The molecule has 9 heteroatoms. The zero-order valence-electron chi connectivity index (χ0n) is 11.5. The van der Waals surface area contributed by atoms with E-state index in [1.807, 2.05) is 6.92 Å². The van der Waals surface area contributed by atoms with Gasteiger partial charge in [-0.15, -0.1) is 0 Å². The quantitative estimate of drug-likeness (QED) is 0.694. The summed E-state index contributed by atoms with van der Waals surface area (Å²) in [6, 6.07) is -1.73. The van der Waals surface area contributed by atoms with Crippen LogP contribution in [-0.2, 0) is 19.4 Å². The maximum absolute atomic E-state index is 11.9. The molecule has 0 aromatic carbocycles. The summed E-state index contributed by atoms with van der Waals surface area (Å²) in [5, 5.41) is 11.4. The first-order chi connectivity index (χ1) is 9.19. The third-order valence-electron chi connectivity index (χ3n) is 2.90. The highest BCUT2D eigenvalue weighted by atomic mass is 32.2. The van der Waals surface area contributed by atoms with Crippen molar-refractivity contribution in [2.24, 2.45) is 0 Å². The zero-order valence-corrected chi connectivity index (χ0v) is 12.4. The van der Waals surface area contributed by atoms with Crippen LogP contribution >= 0.6 is 0 Å². The smallest absolute Gasteiger partial charge is 0.326 e. The molecule has 1 aliphatic heterocycles. The molecule has 1 rings (SSSR count). The molecule has 2 atom stereocenters. The molecular formula is C11H20N2O6S. The van der Waals surface area contributed by atoms with E-state index in [2.05, 4.69) is 5.32 Å². The third-order valence-corrected chi connectivity index (χ3v) is 3.88. The summed E-state index contributed by atoms with van der Waals surface area (Å²) in [6.45, 7) is 2.98. The van der Waals surface area contributed by atoms with Gasteiger partial charge in [-0.3, -0.25) is 0 Å². The van der Waals surface area contributed by atoms with Crippen LogP contribution in [0.2, 0.25) is 0 Å². The van der Waals surface area contributed by atoms with E-state index >= 15 is 0 Å². The Balaban J connectivity index is 2.56. The first-order valence-corrected chi connectivity index (χ1v) is 8.32. The summed E-state index contributed by atoms with van der Waals surface area (Å²) in [6.07, 6.45) is 0.769. The van der Waals surface area contributed by atoms with E-state index < -0.39 is 27.9 Å². The van der Waals surface area contributed by atoms with Crippen molar-refractivity contribution < 1.29 is 27.9 Å². The SMILES string of the molecule is CC1CN(C(=O)NC(CCS(C)(=O)=O)C(=O)O)CCO1. The number of nitrogens with one attached hydrogen (secondary N) is 1. The summed E-state index contributed by atoms with van der Waals surface area (Å²) in [7, 11) is -3.27. The molecule has 116 valence electrons. The predicted octanol–water partition coefficient (Wildman–Crippen LogP) is -0.695. The van der Waals surface area contributed by atoms with Gasteiger partial charge in [0, 0.05) is 19.3 Å². The van der Waals surface area contributed by atoms with Crippen LogP contribution < -0.4 is 5.32 Å². The van der Waals surface area contributed by atoms with Gasteiger partial charge in [-0.05, 0) is 13.3 Å². The second kappa shape index (κ2) is 6.89. The van der Waals surface area contributed by atoms with Crippen LogP contribution in [0.15, 0.2) is 0 Å². The topological polar surface area (TPSA) is 113 Å². The standard InChI is InChI=1S/C11H20N2O6S/c1-8-7-13(4-5-19-8)11(16)12-9(10(14)15)3-6-20(2,17)18/h8-9H,3-7H2,1-2H3,(H,12,16)(H,14,15). The number of aliphatic carboxylic acids is 1. The normalized spacial score (nSPS) is 21.3. The lowest BCUT2D eigenvalue weighted by molar-refractivity contribution is -0.139. The zero-order chi connectivity index (χ0) is 15.3. The Hall–Kier alpha value is -1.35. The van der Waals surface area contributed by atoms with Crippen molar-refractivity contribution in [2.75, 3.05) is 31.7 Å². The van der Waals surface area contributed by atoms with Crippen LogP contribution in [0.25, 0.3) is 0 Å². The van der Waals surface area contributed by atoms with Crippen molar-refractivity contribution in [3.05, 3.63) is 0 Å². The highest BCUT2D eigenvalue weighted by Gasteiger charge is 2.26. The molecule has 0 aromatic heterocycles. The minimum Gasteiger partial charge on any atom is -0.480 e. The van der Waals surface area contributed by atoms with Gasteiger partial charge in [-0.2, -0.15) is 0 Å². The summed E-state index contributed by atoms with van der Waals surface area (Å²) in [5.41, 5.74) is 0. The average Bonchev–Trinajstić information content (AvgIpc) is 2.32. The van der Waals surface area contributed by atoms with Gasteiger partial charge >= 0.3 is 12.0 Å². The Morgan fingerprint density at radius 2 is 2.15 bits per heavy atom. The summed E-state index contributed by atoms with van der Waals surface area (Å²) < 4.78 is 27.4. The first kappa shape index (κ1) is 16.7. The Morgan fingerprint density at radius 3 is 2.65 bits per heavy atom. The Labute approximate surface area is 118 Å². The minimum absolute atomic E-state index is 0.103. The van der Waals surface area contributed by atoms with Gasteiger partial charge in [0.05, 0.1) is 18.5 Å². The second-order valence-electron chi connectivity index (χ2n) is 4.89. The number of nitrogens with zero attached hydrogens (tertiary/aromatic N) is 1. The van der Waals surface area contributed by atoms with Gasteiger partial charge in [-0.25, -0.2) is 18.0 Å². The number of morpholine rings is 1. The van der Waals surface area contributed by atoms with Gasteiger partial charge in [-0.1, -0.05) is 0 Å². The molecule has 1 heterocycles. The molecule has 20 heavy (non-hydrogen) atoms. The van der Waals surface area contributed by atoms with E-state index in [0.29, 0.717) is 19.7 Å². The molecule has 0 aromatic rings. The number of hydrogen-bond acceptors (Lipinski definition) is 5. The Morgan fingerprint density at radius 1 is 1.50 bits per heavy atom. The number of urea groups is 1. The van der Waals surface area contributed by atoms with Crippen molar-refractivity contribution in [3.63, 3.8) is 0 Å². The fourth-order valence-corrected chi connectivity index (χ4v) is 2.50. The number of sulfone groups is 1. The lowest BCUT2D eigenvalue weighted by Gasteiger charge is -2.32. The Kier molecular flexibility index (Phi) is 5.75. The van der Waals surface area contributed by atoms with E-state index in [-0.39, 0.29) is 18.3 Å². The largest absolute Gasteiger partial charge is 0.480 e. The molecule has 0 saturated carbocycles. The first-order valence-electron chi connectivity index (χ1n) is 6.26. The number of carboxylic acid groups (broad SMARTS) is 1. The van der Waals surface area contributed by atoms with Crippen LogP contribution in [-0.4, -0.2) is 74.3 Å². The summed E-state index contributed by atoms with van der Waals surface area (Å²) in [4.78, 5) is 24.4. The van der Waals surface area contributed by atoms with Gasteiger partial charge in [0.2, 0.25) is 0 Å². The molecule has 1 aliphatic rings. The number of carbonyl (C=O) groups excluding carboxylic acids is 1. The van der Waals surface area contributed by atoms with Gasteiger partial charge in [0.15, 0.2) is 0 Å². The molecule has 0 spiro atoms. The van der Waals surface area contributed by atoms with Crippen LogP contribution in [0.3, 0.4) is 0 Å². The van der Waals surface area contributed by atoms with Crippen molar-refractivity contribution in [2.45, 2.75) is 25.5 Å². The van der Waals surface area contributed by atoms with Gasteiger partial charge in [0.1, 0.15) is 15.9 Å². The van der Waals surface area contributed by atoms with Crippen LogP contribution in [0.1, 0.15) is 13.3 Å². The lowest BCUT2D eigenvalue weighted by Crippen LogP contribution is -2.53. The maximum Gasteiger partial charge on any atom is 0.326 e. The number of carbonyl (C=O) groups is 2. The predicted molar refractivity (Wildman–Crippen MR) is 71.3 cm³/mol. The number of hydrogen-bond donors (Lipinski definition) is 2. The van der Waals surface area contributed by atoms with Crippen molar-refractivity contribution in [3.8, 4) is 0 Å². The van der Waals surface area contributed by atoms with E-state index in [9.17, 15) is 18.0 Å². The van der Waals surface area contributed by atoms with Crippen molar-refractivity contribution in [1.29, 1.82) is 0 Å². The monoisotopic (exact) mass is 308 g/mol. The highest BCUT2D eigenvalue weighted by Crippen LogP contribution is 2.06. The highest BCUT2D eigenvalue weighted by molar-refractivity contribution is 7.90. The molecule has 1 saturated heterocycles. The maximum atomic E-state index is 11.9. The molecule has 1 fully saturated rings. The molecule has 0 aliphatic carbocycles. The van der Waals surface area contributed by atoms with Crippen molar-refractivity contribution >= 4 is 21.8 Å². The fourth-order valence-electron chi connectivity index (χ4n) is 1.83. The van der Waals surface area contributed by atoms with Crippen molar-refractivity contribution in [1.82, 2.24) is 10.2 Å². The summed E-state index contributed by atoms with van der Waals surface area (Å²) >= 11 is 0. The second-order valence-corrected chi connectivity index (χ2v) is 7.15. The minimum atomic E-state index is -3.27. The summed E-state index contributed by atoms with van der Waals surface area (Å²) in [5.74, 6) is -1.53. The molecule has 0 radical (unpaired) electrons. The average molecular weight is 308 g/mol. The molecular weight excluding hydrogens is 288 g/mol. The Bertz CT molecular complexity index is 464. The number of ether oxygens (including phenoxy) is 1. The molecule has 0 bridgehead atoms. The molecule has 2 amide bonds. The molecule has 2 unspecified atom stereocenters. The number of rotatable bonds is 5. The number of amides is 2. The third kappa shape index (κ3) is 5.74. The number of carboxylic acids is 1. The van der Waals surface area contributed by atoms with E-state index in [1.54, 1.807) is 0 Å². The van der Waals surface area contributed by atoms with E-state index in [1.165, 1.54) is 4.90 Å². The molecule has 8 nitrogen and oxygen atoms in total. The van der Waals surface area contributed by atoms with Crippen LogP contribution in [0.5, 0.6) is 0 Å². The molecule has 2 N–H and O–H groups in total. The van der Waals surface area contributed by atoms with Crippen LogP contribution in [0, 0.1) is 0 Å². The lowest BCUT2D eigenvalue weighted by atomic mass is 10.2. The van der Waals surface area contributed by atoms with Gasteiger partial charge in [0.25, 0.3) is 0 Å². The van der Waals surface area contributed by atoms with Gasteiger partial charge < -0.3 is 20.1 Å². The van der Waals surface area contributed by atoms with Crippen LogP contribution in [0.4, 0.5) is 4.79 Å². The van der Waals surface area contributed by atoms with E-state index in [4.69, 9.17) is 9.84 Å².